The second kappa shape index (κ2) is 4.97. The van der Waals surface area contributed by atoms with Gasteiger partial charge in [0.25, 0.3) is 0 Å². The molecule has 5 heteroatoms. The number of thiazole rings is 1. The molecule has 0 radical (unpaired) electrons. The lowest BCUT2D eigenvalue weighted by Gasteiger charge is -2.07. The van der Waals surface area contributed by atoms with Crippen LogP contribution in [0.5, 0.6) is 0 Å². The number of carboxylic acids is 1. The zero-order valence-electron chi connectivity index (χ0n) is 9.30. The number of aryl methyl sites for hydroxylation is 1. The van der Waals surface area contributed by atoms with Crippen molar-refractivity contribution in [1.82, 2.24) is 4.98 Å². The molecule has 0 atom stereocenters. The predicted molar refractivity (Wildman–Crippen MR) is 68.2 cm³/mol. The molecule has 0 bridgehead atoms. The molecule has 1 aromatic heterocycles. The van der Waals surface area contributed by atoms with Gasteiger partial charge >= 0.3 is 5.97 Å². The summed E-state index contributed by atoms with van der Waals surface area (Å²) in [6.45, 7) is 1.94. The number of hydrogen-bond donors (Lipinski definition) is 2. The van der Waals surface area contributed by atoms with Crippen molar-refractivity contribution < 1.29 is 9.90 Å². The predicted octanol–water partition coefficient (Wildman–Crippen LogP) is 3.15. The number of nitrogens with one attached hydrogen (secondary N) is 1. The summed E-state index contributed by atoms with van der Waals surface area (Å²) in [5.41, 5.74) is 2.04. The highest BCUT2D eigenvalue weighted by Crippen LogP contribution is 2.22. The van der Waals surface area contributed by atoms with Crippen molar-refractivity contribution in [3.63, 3.8) is 0 Å². The SMILES string of the molecule is CCc1cc(Nc2nccs2)ccc1C(=O)O. The van der Waals surface area contributed by atoms with Gasteiger partial charge in [0.1, 0.15) is 0 Å². The number of nitrogens with zero attached hydrogens (tertiary/aromatic N) is 1. The van der Waals surface area contributed by atoms with Crippen LogP contribution in [0.25, 0.3) is 0 Å². The first-order valence-corrected chi connectivity index (χ1v) is 6.11. The van der Waals surface area contributed by atoms with E-state index in [9.17, 15) is 4.79 Å². The lowest BCUT2D eigenvalue weighted by atomic mass is 10.0. The fourth-order valence-corrected chi connectivity index (χ4v) is 2.13. The molecule has 2 aromatic rings. The van der Waals surface area contributed by atoms with Crippen LogP contribution in [0.3, 0.4) is 0 Å². The highest BCUT2D eigenvalue weighted by Gasteiger charge is 2.09. The molecule has 2 rings (SSSR count). The minimum atomic E-state index is -0.886. The molecular formula is C12H12N2O2S. The van der Waals surface area contributed by atoms with Crippen molar-refractivity contribution >= 4 is 28.1 Å². The molecule has 0 saturated heterocycles. The average molecular weight is 248 g/mol. The van der Waals surface area contributed by atoms with Crippen molar-refractivity contribution in [2.45, 2.75) is 13.3 Å². The Morgan fingerprint density at radius 3 is 2.94 bits per heavy atom. The van der Waals surface area contributed by atoms with Crippen molar-refractivity contribution in [2.75, 3.05) is 5.32 Å². The fraction of sp³-hybridized carbons (Fsp3) is 0.167. The Kier molecular flexibility index (Phi) is 3.39. The third-order valence-corrected chi connectivity index (χ3v) is 3.09. The van der Waals surface area contributed by atoms with E-state index >= 15 is 0 Å². The molecule has 17 heavy (non-hydrogen) atoms. The Hall–Kier alpha value is -1.88. The molecule has 1 aromatic carbocycles. The first-order chi connectivity index (χ1) is 8.20. The van der Waals surface area contributed by atoms with Gasteiger partial charge in [-0.1, -0.05) is 6.92 Å². The Bertz CT molecular complexity index is 523. The Morgan fingerprint density at radius 2 is 2.35 bits per heavy atom. The summed E-state index contributed by atoms with van der Waals surface area (Å²) in [6, 6.07) is 5.23. The largest absolute Gasteiger partial charge is 0.478 e. The van der Waals surface area contributed by atoms with Gasteiger partial charge in [-0.25, -0.2) is 9.78 Å². The quantitative estimate of drug-likeness (QED) is 0.872. The monoisotopic (exact) mass is 248 g/mol. The van der Waals surface area contributed by atoms with E-state index in [0.29, 0.717) is 12.0 Å². The lowest BCUT2D eigenvalue weighted by molar-refractivity contribution is 0.0696. The van der Waals surface area contributed by atoms with Crippen LogP contribution in [0.1, 0.15) is 22.8 Å². The molecule has 0 spiro atoms. The van der Waals surface area contributed by atoms with E-state index in [0.717, 1.165) is 16.4 Å². The minimum absolute atomic E-state index is 0.359. The summed E-state index contributed by atoms with van der Waals surface area (Å²) < 4.78 is 0. The van der Waals surface area contributed by atoms with Crippen LogP contribution < -0.4 is 5.32 Å². The molecule has 0 aliphatic heterocycles. The number of anilines is 2. The standard InChI is InChI=1S/C12H12N2O2S/c1-2-8-7-9(3-4-10(8)11(15)16)14-12-13-5-6-17-12/h3-7H,2H2,1H3,(H,13,14)(H,15,16). The number of hydrogen-bond acceptors (Lipinski definition) is 4. The van der Waals surface area contributed by atoms with Crippen LogP contribution in [0.15, 0.2) is 29.8 Å². The average Bonchev–Trinajstić information content (AvgIpc) is 2.81. The van der Waals surface area contributed by atoms with Gasteiger partial charge in [0.2, 0.25) is 0 Å². The van der Waals surface area contributed by atoms with Crippen LogP contribution in [0.4, 0.5) is 10.8 Å². The van der Waals surface area contributed by atoms with E-state index in [2.05, 4.69) is 10.3 Å². The number of aromatic carboxylic acids is 1. The molecule has 0 aliphatic carbocycles. The summed E-state index contributed by atoms with van der Waals surface area (Å²) in [4.78, 5) is 15.1. The molecule has 2 N–H and O–H groups in total. The summed E-state index contributed by atoms with van der Waals surface area (Å²) in [6.07, 6.45) is 2.41. The van der Waals surface area contributed by atoms with Crippen molar-refractivity contribution in [1.29, 1.82) is 0 Å². The summed E-state index contributed by atoms with van der Waals surface area (Å²) >= 11 is 1.50. The molecule has 0 amide bonds. The smallest absolute Gasteiger partial charge is 0.335 e. The molecule has 0 aliphatic rings. The molecule has 1 heterocycles. The fourth-order valence-electron chi connectivity index (χ4n) is 1.58. The Balaban J connectivity index is 2.28. The maximum absolute atomic E-state index is 11.0. The van der Waals surface area contributed by atoms with E-state index in [-0.39, 0.29) is 0 Å². The van der Waals surface area contributed by atoms with Gasteiger partial charge in [-0.15, -0.1) is 11.3 Å². The van der Waals surface area contributed by atoms with Crippen molar-refractivity contribution in [2.24, 2.45) is 0 Å². The number of rotatable bonds is 4. The van der Waals surface area contributed by atoms with E-state index in [4.69, 9.17) is 5.11 Å². The van der Waals surface area contributed by atoms with Gasteiger partial charge < -0.3 is 10.4 Å². The second-order valence-electron chi connectivity index (χ2n) is 3.49. The van der Waals surface area contributed by atoms with Gasteiger partial charge in [0, 0.05) is 17.3 Å². The minimum Gasteiger partial charge on any atom is -0.478 e. The first kappa shape index (κ1) is 11.6. The Morgan fingerprint density at radius 1 is 1.53 bits per heavy atom. The van der Waals surface area contributed by atoms with Crippen molar-refractivity contribution in [3.8, 4) is 0 Å². The van der Waals surface area contributed by atoms with E-state index in [1.54, 1.807) is 18.3 Å². The summed E-state index contributed by atoms with van der Waals surface area (Å²) in [7, 11) is 0. The normalized spacial score (nSPS) is 10.2. The van der Waals surface area contributed by atoms with E-state index in [1.807, 2.05) is 18.4 Å². The van der Waals surface area contributed by atoms with Crippen LogP contribution in [0.2, 0.25) is 0 Å². The van der Waals surface area contributed by atoms with E-state index < -0.39 is 5.97 Å². The topological polar surface area (TPSA) is 62.2 Å². The van der Waals surface area contributed by atoms with Crippen LogP contribution in [-0.4, -0.2) is 16.1 Å². The first-order valence-electron chi connectivity index (χ1n) is 5.23. The third-order valence-electron chi connectivity index (χ3n) is 2.40. The highest BCUT2D eigenvalue weighted by molar-refractivity contribution is 7.13. The number of benzene rings is 1. The molecule has 4 nitrogen and oxygen atoms in total. The number of carbonyl (C=O) groups is 1. The van der Waals surface area contributed by atoms with Crippen LogP contribution in [0, 0.1) is 0 Å². The van der Waals surface area contributed by atoms with E-state index in [1.165, 1.54) is 11.3 Å². The lowest BCUT2D eigenvalue weighted by Crippen LogP contribution is -2.02. The third kappa shape index (κ3) is 2.62. The molecule has 0 saturated carbocycles. The molecular weight excluding hydrogens is 236 g/mol. The molecule has 0 unspecified atom stereocenters. The van der Waals surface area contributed by atoms with Crippen molar-refractivity contribution in [3.05, 3.63) is 40.9 Å². The number of aromatic nitrogens is 1. The van der Waals surface area contributed by atoms with Gasteiger partial charge in [-0.3, -0.25) is 0 Å². The van der Waals surface area contributed by atoms with Crippen LogP contribution >= 0.6 is 11.3 Å². The summed E-state index contributed by atoms with van der Waals surface area (Å²) in [5.74, 6) is -0.886. The number of carboxylic acid groups (broad SMARTS) is 1. The summed E-state index contributed by atoms with van der Waals surface area (Å²) in [5, 5.41) is 14.8. The maximum Gasteiger partial charge on any atom is 0.335 e. The highest BCUT2D eigenvalue weighted by atomic mass is 32.1. The zero-order valence-corrected chi connectivity index (χ0v) is 10.1. The molecule has 0 fully saturated rings. The van der Waals surface area contributed by atoms with Gasteiger partial charge in [-0.05, 0) is 30.2 Å². The maximum atomic E-state index is 11.0. The van der Waals surface area contributed by atoms with Gasteiger partial charge in [0.05, 0.1) is 5.56 Å². The van der Waals surface area contributed by atoms with Gasteiger partial charge in [-0.2, -0.15) is 0 Å². The second-order valence-corrected chi connectivity index (χ2v) is 4.39. The zero-order chi connectivity index (χ0) is 12.3. The Labute approximate surface area is 103 Å². The molecule has 88 valence electrons. The van der Waals surface area contributed by atoms with Crippen LogP contribution in [-0.2, 0) is 6.42 Å². The van der Waals surface area contributed by atoms with Gasteiger partial charge in [0.15, 0.2) is 5.13 Å².